The highest BCUT2D eigenvalue weighted by Gasteiger charge is 2.40. The SMILES string of the molecule is C=CC(O)(C/C=C/[C@H]1[C@H](O)CC(=O)[C@@H]1C/C=C\CCCC(=O)OC)CCCC.C=CC(O)(C/C=C/[C@H]1[C@H](O)CC(=O)[C@@H]1C/C=C\CCCC(=O)OC)CCCC. The highest BCUT2D eigenvalue weighted by Crippen LogP contribution is 2.35. The van der Waals surface area contributed by atoms with Gasteiger partial charge in [-0.05, 0) is 64.2 Å². The van der Waals surface area contributed by atoms with Crippen LogP contribution in [0, 0.1) is 23.7 Å². The third kappa shape index (κ3) is 19.1. The highest BCUT2D eigenvalue weighted by molar-refractivity contribution is 5.85. The summed E-state index contributed by atoms with van der Waals surface area (Å²) in [6, 6.07) is 0. The van der Waals surface area contributed by atoms with Crippen LogP contribution in [0.25, 0.3) is 0 Å². The first-order valence-corrected chi connectivity index (χ1v) is 20.6. The topological polar surface area (TPSA) is 168 Å². The molecule has 0 aromatic carbocycles. The van der Waals surface area contributed by atoms with E-state index in [-0.39, 0.29) is 60.0 Å². The largest absolute Gasteiger partial charge is 0.469 e. The molecule has 0 aromatic rings. The van der Waals surface area contributed by atoms with Crippen LogP contribution in [0.4, 0.5) is 0 Å². The van der Waals surface area contributed by atoms with Crippen LogP contribution in [0.3, 0.4) is 0 Å². The monoisotopic (exact) mass is 785 g/mol. The molecule has 0 spiro atoms. The van der Waals surface area contributed by atoms with Crippen molar-refractivity contribution in [3.8, 4) is 0 Å². The number of unbranched alkanes of at least 4 members (excludes halogenated alkanes) is 4. The number of methoxy groups -OCH3 is 2. The van der Waals surface area contributed by atoms with E-state index in [4.69, 9.17) is 0 Å². The van der Waals surface area contributed by atoms with E-state index in [0.29, 0.717) is 64.2 Å². The number of esters is 2. The maximum Gasteiger partial charge on any atom is 0.305 e. The Kier molecular flexibility index (Phi) is 25.3. The molecule has 0 saturated heterocycles. The van der Waals surface area contributed by atoms with Gasteiger partial charge in [-0.1, -0.05) is 100 Å². The van der Waals surface area contributed by atoms with E-state index in [0.717, 1.165) is 38.5 Å². The Balaban J connectivity index is 0.000000560. The number of aliphatic hydroxyl groups excluding tert-OH is 2. The molecule has 0 aromatic heterocycles. The zero-order valence-electron chi connectivity index (χ0n) is 34.6. The van der Waals surface area contributed by atoms with Crippen LogP contribution in [-0.2, 0) is 28.7 Å². The number of allylic oxidation sites excluding steroid dienone is 4. The standard InChI is InChI=1S/2C23H36O5/c2*1-4-6-15-23(27,5-2)16-11-13-19-18(20(24)17-21(19)25)12-9-7-8-10-14-22(26)28-3/h2*5,7,9,11,13,18-19,21,25,27H,2,4,6,8,10,12,14-17H2,1,3H3/b2*9-7-,13-11+/t2*18-,19-,21-,23?/m11/s1. The molecule has 0 bridgehead atoms. The van der Waals surface area contributed by atoms with Crippen LogP contribution in [0.15, 0.2) is 73.9 Å². The van der Waals surface area contributed by atoms with Crippen molar-refractivity contribution < 1.29 is 49.1 Å². The van der Waals surface area contributed by atoms with Gasteiger partial charge in [0.15, 0.2) is 0 Å². The number of aliphatic hydroxyl groups is 4. The smallest absolute Gasteiger partial charge is 0.305 e. The molecule has 2 rings (SSSR count). The number of rotatable bonds is 26. The van der Waals surface area contributed by atoms with E-state index in [9.17, 15) is 39.6 Å². The summed E-state index contributed by atoms with van der Waals surface area (Å²) in [5, 5.41) is 41.6. The number of ether oxygens (including phenoxy) is 2. The van der Waals surface area contributed by atoms with Gasteiger partial charge >= 0.3 is 11.9 Å². The molecular formula is C46H72O10. The number of carbonyl (C=O) groups is 4. The van der Waals surface area contributed by atoms with Crippen molar-refractivity contribution in [3.63, 3.8) is 0 Å². The van der Waals surface area contributed by atoms with E-state index in [2.05, 4.69) is 36.5 Å². The molecule has 10 nitrogen and oxygen atoms in total. The lowest BCUT2D eigenvalue weighted by molar-refractivity contribution is -0.141. The molecule has 2 aliphatic rings. The summed E-state index contributed by atoms with van der Waals surface area (Å²) in [5.74, 6) is -1.22. The van der Waals surface area contributed by atoms with Gasteiger partial charge in [-0.3, -0.25) is 19.2 Å². The molecule has 2 saturated carbocycles. The zero-order chi connectivity index (χ0) is 42.0. The Labute approximate surface area is 336 Å². The van der Waals surface area contributed by atoms with Crippen molar-refractivity contribution >= 4 is 23.5 Å². The lowest BCUT2D eigenvalue weighted by Crippen LogP contribution is -2.25. The summed E-state index contributed by atoms with van der Waals surface area (Å²) < 4.78 is 9.20. The first-order valence-electron chi connectivity index (χ1n) is 20.6. The van der Waals surface area contributed by atoms with E-state index < -0.39 is 23.4 Å². The molecule has 0 radical (unpaired) electrons. The number of carbonyl (C=O) groups excluding carboxylic acids is 4. The van der Waals surface area contributed by atoms with Gasteiger partial charge in [0.1, 0.15) is 11.6 Å². The van der Waals surface area contributed by atoms with Crippen LogP contribution in [0.5, 0.6) is 0 Å². The summed E-state index contributed by atoms with van der Waals surface area (Å²) in [6.45, 7) is 11.6. The fourth-order valence-corrected chi connectivity index (χ4v) is 7.11. The van der Waals surface area contributed by atoms with Gasteiger partial charge in [-0.15, -0.1) is 13.2 Å². The molecule has 10 heteroatoms. The summed E-state index contributed by atoms with van der Waals surface area (Å²) >= 11 is 0. The Morgan fingerprint density at radius 3 is 1.36 bits per heavy atom. The summed E-state index contributed by atoms with van der Waals surface area (Å²) in [7, 11) is 2.76. The van der Waals surface area contributed by atoms with Crippen LogP contribution in [0.2, 0.25) is 0 Å². The molecule has 0 heterocycles. The first-order chi connectivity index (χ1) is 26.7. The third-order valence-corrected chi connectivity index (χ3v) is 10.9. The lowest BCUT2D eigenvalue weighted by Gasteiger charge is -2.23. The summed E-state index contributed by atoms with van der Waals surface area (Å²) in [4.78, 5) is 46.6. The van der Waals surface area contributed by atoms with Crippen molar-refractivity contribution in [1.29, 1.82) is 0 Å². The Hall–Kier alpha value is -3.44. The number of Topliss-reactive ketones (excluding diaryl/α,β-unsaturated/α-hetero) is 2. The predicted octanol–water partition coefficient (Wildman–Crippen LogP) is 7.79. The molecular weight excluding hydrogens is 712 g/mol. The quantitative estimate of drug-likeness (QED) is 0.0386. The highest BCUT2D eigenvalue weighted by atomic mass is 16.5. The number of ketones is 2. The minimum atomic E-state index is -0.935. The van der Waals surface area contributed by atoms with Gasteiger partial charge in [0.2, 0.25) is 0 Å². The van der Waals surface area contributed by atoms with Crippen LogP contribution in [-0.4, -0.2) is 81.6 Å². The normalized spacial score (nSPS) is 24.7. The second kappa shape index (κ2) is 28.0. The Morgan fingerprint density at radius 2 is 1.04 bits per heavy atom. The summed E-state index contributed by atoms with van der Waals surface area (Å²) in [5.41, 5.74) is -1.87. The maximum atomic E-state index is 12.2. The molecule has 0 amide bonds. The molecule has 0 aliphatic heterocycles. The molecule has 2 aliphatic carbocycles. The second-order valence-electron chi connectivity index (χ2n) is 15.3. The maximum absolute atomic E-state index is 12.2. The minimum Gasteiger partial charge on any atom is -0.469 e. The van der Waals surface area contributed by atoms with E-state index in [1.807, 2.05) is 48.6 Å². The van der Waals surface area contributed by atoms with Crippen LogP contribution < -0.4 is 0 Å². The fraction of sp³-hybridized carbons (Fsp3) is 0.652. The van der Waals surface area contributed by atoms with Crippen molar-refractivity contribution in [2.75, 3.05) is 14.2 Å². The number of hydrogen-bond donors (Lipinski definition) is 4. The molecule has 4 N–H and O–H groups in total. The first kappa shape index (κ1) is 50.6. The Bertz CT molecular complexity index is 1230. The van der Waals surface area contributed by atoms with Crippen LogP contribution >= 0.6 is 0 Å². The van der Waals surface area contributed by atoms with Gasteiger partial charge in [0.05, 0.1) is 37.6 Å². The fourth-order valence-electron chi connectivity index (χ4n) is 7.11. The predicted molar refractivity (Wildman–Crippen MR) is 221 cm³/mol. The van der Waals surface area contributed by atoms with Crippen molar-refractivity contribution in [2.45, 2.75) is 153 Å². The van der Waals surface area contributed by atoms with Gasteiger partial charge in [-0.2, -0.15) is 0 Å². The van der Waals surface area contributed by atoms with Gasteiger partial charge in [0, 0.05) is 49.4 Å². The summed E-state index contributed by atoms with van der Waals surface area (Å²) in [6.07, 6.45) is 28.4. The Morgan fingerprint density at radius 1 is 0.661 bits per heavy atom. The molecule has 316 valence electrons. The zero-order valence-corrected chi connectivity index (χ0v) is 34.6. The van der Waals surface area contributed by atoms with Gasteiger partial charge in [-0.25, -0.2) is 0 Å². The van der Waals surface area contributed by atoms with E-state index in [1.54, 1.807) is 12.2 Å². The average molecular weight is 785 g/mol. The molecule has 56 heavy (non-hydrogen) atoms. The second-order valence-corrected chi connectivity index (χ2v) is 15.3. The van der Waals surface area contributed by atoms with E-state index in [1.165, 1.54) is 14.2 Å². The van der Waals surface area contributed by atoms with E-state index >= 15 is 0 Å². The molecule has 2 unspecified atom stereocenters. The van der Waals surface area contributed by atoms with Gasteiger partial charge < -0.3 is 29.9 Å². The molecule has 2 fully saturated rings. The van der Waals surface area contributed by atoms with Crippen molar-refractivity contribution in [2.24, 2.45) is 23.7 Å². The average Bonchev–Trinajstić information content (AvgIpc) is 3.62. The van der Waals surface area contributed by atoms with Crippen molar-refractivity contribution in [3.05, 3.63) is 73.9 Å². The van der Waals surface area contributed by atoms with Crippen molar-refractivity contribution in [1.82, 2.24) is 0 Å². The minimum absolute atomic E-state index is 0.0753. The van der Waals surface area contributed by atoms with Gasteiger partial charge in [0.25, 0.3) is 0 Å². The lowest BCUT2D eigenvalue weighted by atomic mass is 9.88. The third-order valence-electron chi connectivity index (χ3n) is 10.9. The number of hydrogen-bond acceptors (Lipinski definition) is 10. The molecule has 8 atom stereocenters. The van der Waals surface area contributed by atoms with Crippen LogP contribution in [0.1, 0.15) is 129 Å².